The second-order valence-electron chi connectivity index (χ2n) is 4.86. The summed E-state index contributed by atoms with van der Waals surface area (Å²) in [7, 11) is 0. The SMILES string of the molecule is C#CC(CCC)Nc1ncnc2c1CCCCC2. The first kappa shape index (κ1) is 12.9. The molecule has 1 aromatic rings. The van der Waals surface area contributed by atoms with E-state index in [1.165, 1.54) is 30.5 Å². The summed E-state index contributed by atoms with van der Waals surface area (Å²) in [5.74, 6) is 3.76. The molecular weight excluding hydrogens is 222 g/mol. The molecule has 0 radical (unpaired) electrons. The molecule has 0 aromatic carbocycles. The Morgan fingerprint density at radius 3 is 2.94 bits per heavy atom. The van der Waals surface area contributed by atoms with Crippen LogP contribution in [0.15, 0.2) is 6.33 Å². The monoisotopic (exact) mass is 243 g/mol. The number of anilines is 1. The summed E-state index contributed by atoms with van der Waals surface area (Å²) in [4.78, 5) is 8.80. The molecule has 1 unspecified atom stereocenters. The van der Waals surface area contributed by atoms with Crippen molar-refractivity contribution < 1.29 is 0 Å². The highest BCUT2D eigenvalue weighted by molar-refractivity contribution is 5.48. The molecule has 1 heterocycles. The molecule has 0 saturated carbocycles. The molecule has 1 aliphatic carbocycles. The van der Waals surface area contributed by atoms with Gasteiger partial charge in [0, 0.05) is 11.3 Å². The predicted molar refractivity (Wildman–Crippen MR) is 74.4 cm³/mol. The van der Waals surface area contributed by atoms with E-state index in [0.29, 0.717) is 0 Å². The fraction of sp³-hybridized carbons (Fsp3) is 0.600. The summed E-state index contributed by atoms with van der Waals surface area (Å²) in [5, 5.41) is 3.40. The number of hydrogen-bond donors (Lipinski definition) is 1. The highest BCUT2D eigenvalue weighted by Crippen LogP contribution is 2.24. The molecular formula is C15H21N3. The number of terminal acetylenes is 1. The van der Waals surface area contributed by atoms with E-state index in [9.17, 15) is 0 Å². The second kappa shape index (κ2) is 6.39. The van der Waals surface area contributed by atoms with Gasteiger partial charge >= 0.3 is 0 Å². The zero-order valence-corrected chi connectivity index (χ0v) is 11.1. The van der Waals surface area contributed by atoms with Crippen molar-refractivity contribution in [2.24, 2.45) is 0 Å². The summed E-state index contributed by atoms with van der Waals surface area (Å²) in [5.41, 5.74) is 2.49. The first-order valence-corrected chi connectivity index (χ1v) is 6.90. The van der Waals surface area contributed by atoms with Crippen LogP contribution in [0.2, 0.25) is 0 Å². The smallest absolute Gasteiger partial charge is 0.133 e. The van der Waals surface area contributed by atoms with E-state index >= 15 is 0 Å². The summed E-state index contributed by atoms with van der Waals surface area (Å²) < 4.78 is 0. The summed E-state index contributed by atoms with van der Waals surface area (Å²) in [6, 6.07) is 0.0808. The number of nitrogens with zero attached hydrogens (tertiary/aromatic N) is 2. The molecule has 0 amide bonds. The van der Waals surface area contributed by atoms with Gasteiger partial charge in [-0.05, 0) is 32.1 Å². The molecule has 1 N–H and O–H groups in total. The largest absolute Gasteiger partial charge is 0.356 e. The molecule has 3 nitrogen and oxygen atoms in total. The predicted octanol–water partition coefficient (Wildman–Crippen LogP) is 2.96. The van der Waals surface area contributed by atoms with Gasteiger partial charge in [-0.2, -0.15) is 0 Å². The van der Waals surface area contributed by atoms with Crippen molar-refractivity contribution in [2.75, 3.05) is 5.32 Å². The zero-order valence-electron chi connectivity index (χ0n) is 11.1. The number of aryl methyl sites for hydroxylation is 1. The molecule has 0 saturated heterocycles. The van der Waals surface area contributed by atoms with Crippen molar-refractivity contribution in [3.05, 3.63) is 17.6 Å². The number of hydrogen-bond acceptors (Lipinski definition) is 3. The average molecular weight is 243 g/mol. The minimum Gasteiger partial charge on any atom is -0.356 e. The van der Waals surface area contributed by atoms with Crippen molar-refractivity contribution in [2.45, 2.75) is 57.9 Å². The molecule has 2 rings (SSSR count). The van der Waals surface area contributed by atoms with E-state index in [1.807, 2.05) is 0 Å². The van der Waals surface area contributed by atoms with E-state index in [2.05, 4.69) is 28.1 Å². The Bertz CT molecular complexity index is 434. The first-order valence-electron chi connectivity index (χ1n) is 6.90. The highest BCUT2D eigenvalue weighted by atomic mass is 15.0. The lowest BCUT2D eigenvalue weighted by Gasteiger charge is -2.16. The number of fused-ring (bicyclic) bond motifs is 1. The van der Waals surface area contributed by atoms with Gasteiger partial charge in [0.15, 0.2) is 0 Å². The Balaban J connectivity index is 2.20. The van der Waals surface area contributed by atoms with Crippen LogP contribution in [-0.4, -0.2) is 16.0 Å². The summed E-state index contributed by atoms with van der Waals surface area (Å²) >= 11 is 0. The van der Waals surface area contributed by atoms with Crippen molar-refractivity contribution >= 4 is 5.82 Å². The fourth-order valence-corrected chi connectivity index (χ4v) is 2.47. The number of rotatable bonds is 4. The Labute approximate surface area is 109 Å². The zero-order chi connectivity index (χ0) is 12.8. The summed E-state index contributed by atoms with van der Waals surface area (Å²) in [6.45, 7) is 2.15. The minimum atomic E-state index is 0.0808. The number of nitrogens with one attached hydrogen (secondary N) is 1. The third-order valence-electron chi connectivity index (χ3n) is 3.46. The fourth-order valence-electron chi connectivity index (χ4n) is 2.47. The van der Waals surface area contributed by atoms with Crippen LogP contribution >= 0.6 is 0 Å². The van der Waals surface area contributed by atoms with Crippen molar-refractivity contribution in [3.8, 4) is 12.3 Å². The standard InChI is InChI=1S/C15H21N3/c1-3-8-12(4-2)18-15-13-9-6-5-7-10-14(13)16-11-17-15/h2,11-12H,3,5-10H2,1H3,(H,16,17,18). The van der Waals surface area contributed by atoms with E-state index in [-0.39, 0.29) is 6.04 Å². The van der Waals surface area contributed by atoms with Gasteiger partial charge in [-0.3, -0.25) is 0 Å². The van der Waals surface area contributed by atoms with E-state index in [0.717, 1.165) is 31.5 Å². The maximum atomic E-state index is 5.56. The minimum absolute atomic E-state index is 0.0808. The maximum absolute atomic E-state index is 5.56. The molecule has 1 aromatic heterocycles. The van der Waals surface area contributed by atoms with Crippen LogP contribution in [0.25, 0.3) is 0 Å². The van der Waals surface area contributed by atoms with Gasteiger partial charge in [-0.15, -0.1) is 6.42 Å². The van der Waals surface area contributed by atoms with E-state index in [1.54, 1.807) is 6.33 Å². The van der Waals surface area contributed by atoms with Crippen LogP contribution in [0.3, 0.4) is 0 Å². The van der Waals surface area contributed by atoms with Gasteiger partial charge < -0.3 is 5.32 Å². The quantitative estimate of drug-likeness (QED) is 0.652. The molecule has 1 atom stereocenters. The van der Waals surface area contributed by atoms with Gasteiger partial charge in [0.1, 0.15) is 12.1 Å². The van der Waals surface area contributed by atoms with Gasteiger partial charge in [0.25, 0.3) is 0 Å². The molecule has 3 heteroatoms. The molecule has 0 spiro atoms. The molecule has 96 valence electrons. The molecule has 18 heavy (non-hydrogen) atoms. The van der Waals surface area contributed by atoms with Gasteiger partial charge in [-0.1, -0.05) is 25.7 Å². The topological polar surface area (TPSA) is 37.8 Å². The van der Waals surface area contributed by atoms with Crippen LogP contribution in [0.5, 0.6) is 0 Å². The van der Waals surface area contributed by atoms with Crippen LogP contribution in [0.1, 0.15) is 50.3 Å². The van der Waals surface area contributed by atoms with E-state index < -0.39 is 0 Å². The second-order valence-corrected chi connectivity index (χ2v) is 4.86. The maximum Gasteiger partial charge on any atom is 0.133 e. The lowest BCUT2D eigenvalue weighted by Crippen LogP contribution is -2.19. The van der Waals surface area contributed by atoms with Gasteiger partial charge in [0.2, 0.25) is 0 Å². The molecule has 0 fully saturated rings. The van der Waals surface area contributed by atoms with Crippen molar-refractivity contribution in [1.82, 2.24) is 9.97 Å². The normalized spacial score (nSPS) is 16.2. The Hall–Kier alpha value is -1.56. The molecule has 0 aliphatic heterocycles. The average Bonchev–Trinajstić information content (AvgIpc) is 2.64. The van der Waals surface area contributed by atoms with Crippen molar-refractivity contribution in [1.29, 1.82) is 0 Å². The molecule has 1 aliphatic rings. The van der Waals surface area contributed by atoms with Gasteiger partial charge in [0.05, 0.1) is 6.04 Å². The van der Waals surface area contributed by atoms with Crippen LogP contribution in [-0.2, 0) is 12.8 Å². The lowest BCUT2D eigenvalue weighted by atomic mass is 10.1. The van der Waals surface area contributed by atoms with Gasteiger partial charge in [-0.25, -0.2) is 9.97 Å². The Morgan fingerprint density at radius 2 is 2.17 bits per heavy atom. The highest BCUT2D eigenvalue weighted by Gasteiger charge is 2.15. The van der Waals surface area contributed by atoms with Crippen LogP contribution in [0, 0.1) is 12.3 Å². The Morgan fingerprint density at radius 1 is 1.33 bits per heavy atom. The summed E-state index contributed by atoms with van der Waals surface area (Å²) in [6.07, 6.45) is 15.2. The molecule has 0 bridgehead atoms. The third-order valence-corrected chi connectivity index (χ3v) is 3.46. The number of aromatic nitrogens is 2. The lowest BCUT2D eigenvalue weighted by molar-refractivity contribution is 0.708. The Kier molecular flexibility index (Phi) is 4.58. The van der Waals surface area contributed by atoms with E-state index in [4.69, 9.17) is 6.42 Å². The van der Waals surface area contributed by atoms with Crippen molar-refractivity contribution in [3.63, 3.8) is 0 Å². The van der Waals surface area contributed by atoms with Crippen LogP contribution < -0.4 is 5.32 Å². The first-order chi connectivity index (χ1) is 8.85. The third kappa shape index (κ3) is 3.01. The van der Waals surface area contributed by atoms with Crippen LogP contribution in [0.4, 0.5) is 5.82 Å².